The zero-order chi connectivity index (χ0) is 13.9. The molecular formula is C15H20N4O. The molecule has 1 atom stereocenters. The van der Waals surface area contributed by atoms with Gasteiger partial charge in [-0.15, -0.1) is 0 Å². The van der Waals surface area contributed by atoms with Crippen molar-refractivity contribution in [2.24, 2.45) is 11.7 Å². The second-order valence-electron chi connectivity index (χ2n) is 5.26. The first-order valence-corrected chi connectivity index (χ1v) is 7.04. The Kier molecular flexibility index (Phi) is 3.69. The third-order valence-electron chi connectivity index (χ3n) is 3.87. The molecule has 0 saturated carbocycles. The van der Waals surface area contributed by atoms with Crippen LogP contribution >= 0.6 is 0 Å². The zero-order valence-corrected chi connectivity index (χ0v) is 11.7. The average Bonchev–Trinajstić information content (AvgIpc) is 2.89. The Morgan fingerprint density at radius 3 is 3.05 bits per heavy atom. The number of aromatic nitrogens is 3. The van der Waals surface area contributed by atoms with E-state index in [1.165, 1.54) is 0 Å². The van der Waals surface area contributed by atoms with E-state index in [1.54, 1.807) is 7.11 Å². The molecule has 0 fully saturated rings. The Morgan fingerprint density at radius 2 is 2.25 bits per heavy atom. The summed E-state index contributed by atoms with van der Waals surface area (Å²) in [5, 5.41) is 4.61. The van der Waals surface area contributed by atoms with Crippen LogP contribution in [0.5, 0.6) is 5.75 Å². The van der Waals surface area contributed by atoms with Crippen molar-refractivity contribution >= 4 is 0 Å². The Hall–Kier alpha value is -1.88. The van der Waals surface area contributed by atoms with E-state index < -0.39 is 0 Å². The van der Waals surface area contributed by atoms with Crippen LogP contribution < -0.4 is 10.5 Å². The molecular weight excluding hydrogens is 252 g/mol. The second kappa shape index (κ2) is 5.63. The van der Waals surface area contributed by atoms with Crippen LogP contribution in [0.15, 0.2) is 24.3 Å². The number of hydrogen-bond acceptors (Lipinski definition) is 4. The van der Waals surface area contributed by atoms with E-state index in [4.69, 9.17) is 10.5 Å². The second-order valence-corrected chi connectivity index (χ2v) is 5.26. The lowest BCUT2D eigenvalue weighted by atomic mass is 10.0. The van der Waals surface area contributed by atoms with E-state index in [0.717, 1.165) is 48.9 Å². The molecule has 2 heterocycles. The number of nitrogens with zero attached hydrogens (tertiary/aromatic N) is 3. The molecule has 106 valence electrons. The number of methoxy groups -OCH3 is 1. The molecule has 5 heteroatoms. The minimum absolute atomic E-state index is 0.531. The number of ether oxygens (including phenoxy) is 1. The molecule has 0 aliphatic carbocycles. The number of para-hydroxylation sites is 1. The van der Waals surface area contributed by atoms with Gasteiger partial charge < -0.3 is 10.5 Å². The lowest BCUT2D eigenvalue weighted by Gasteiger charge is -2.20. The number of rotatable bonds is 4. The summed E-state index contributed by atoms with van der Waals surface area (Å²) in [6, 6.07) is 8.01. The van der Waals surface area contributed by atoms with Crippen molar-refractivity contribution in [3.63, 3.8) is 0 Å². The van der Waals surface area contributed by atoms with Crippen molar-refractivity contribution in [3.05, 3.63) is 41.5 Å². The van der Waals surface area contributed by atoms with Gasteiger partial charge in [0.25, 0.3) is 0 Å². The van der Waals surface area contributed by atoms with Crippen LogP contribution in [-0.2, 0) is 19.4 Å². The lowest BCUT2D eigenvalue weighted by Crippen LogP contribution is -2.27. The highest BCUT2D eigenvalue weighted by Gasteiger charge is 2.20. The van der Waals surface area contributed by atoms with Crippen molar-refractivity contribution in [2.75, 3.05) is 13.7 Å². The quantitative estimate of drug-likeness (QED) is 0.913. The number of fused-ring (bicyclic) bond motifs is 1. The first-order valence-electron chi connectivity index (χ1n) is 7.04. The SMILES string of the molecule is COc1ccccc1Cc1nc2n(n1)CC(CN)CC2. The van der Waals surface area contributed by atoms with E-state index in [2.05, 4.69) is 16.1 Å². The summed E-state index contributed by atoms with van der Waals surface area (Å²) in [4.78, 5) is 4.65. The maximum Gasteiger partial charge on any atom is 0.155 e. The fourth-order valence-electron chi connectivity index (χ4n) is 2.71. The fraction of sp³-hybridized carbons (Fsp3) is 0.467. The zero-order valence-electron chi connectivity index (χ0n) is 11.7. The Labute approximate surface area is 118 Å². The molecule has 0 radical (unpaired) electrons. The highest BCUT2D eigenvalue weighted by Crippen LogP contribution is 2.22. The summed E-state index contributed by atoms with van der Waals surface area (Å²) in [5.41, 5.74) is 6.87. The molecule has 1 aliphatic rings. The van der Waals surface area contributed by atoms with E-state index in [0.29, 0.717) is 12.3 Å². The number of hydrogen-bond donors (Lipinski definition) is 1. The third-order valence-corrected chi connectivity index (χ3v) is 3.87. The molecule has 1 aromatic carbocycles. The van der Waals surface area contributed by atoms with Crippen LogP contribution in [0.25, 0.3) is 0 Å². The minimum Gasteiger partial charge on any atom is -0.496 e. The fourth-order valence-corrected chi connectivity index (χ4v) is 2.71. The molecule has 5 nitrogen and oxygen atoms in total. The van der Waals surface area contributed by atoms with Gasteiger partial charge in [-0.1, -0.05) is 18.2 Å². The minimum atomic E-state index is 0.531. The molecule has 1 unspecified atom stereocenters. The number of nitrogens with two attached hydrogens (primary N) is 1. The topological polar surface area (TPSA) is 66.0 Å². The lowest BCUT2D eigenvalue weighted by molar-refractivity contribution is 0.349. The van der Waals surface area contributed by atoms with Crippen molar-refractivity contribution in [2.45, 2.75) is 25.8 Å². The first-order chi connectivity index (χ1) is 9.80. The molecule has 2 N–H and O–H groups in total. The van der Waals surface area contributed by atoms with E-state index in [-0.39, 0.29) is 0 Å². The molecule has 3 rings (SSSR count). The monoisotopic (exact) mass is 272 g/mol. The molecule has 0 saturated heterocycles. The van der Waals surface area contributed by atoms with E-state index in [9.17, 15) is 0 Å². The van der Waals surface area contributed by atoms with Crippen LogP contribution in [-0.4, -0.2) is 28.4 Å². The van der Waals surface area contributed by atoms with Gasteiger partial charge in [-0.3, -0.25) is 0 Å². The highest BCUT2D eigenvalue weighted by molar-refractivity contribution is 5.35. The average molecular weight is 272 g/mol. The molecule has 0 amide bonds. The summed E-state index contributed by atoms with van der Waals surface area (Å²) >= 11 is 0. The normalized spacial score (nSPS) is 17.8. The summed E-state index contributed by atoms with van der Waals surface area (Å²) in [6.07, 6.45) is 2.79. The Morgan fingerprint density at radius 1 is 1.40 bits per heavy atom. The predicted molar refractivity (Wildman–Crippen MR) is 76.7 cm³/mol. The Balaban J connectivity index is 1.81. The summed E-state index contributed by atoms with van der Waals surface area (Å²) in [7, 11) is 1.69. The van der Waals surface area contributed by atoms with Crippen LogP contribution in [0, 0.1) is 5.92 Å². The molecule has 0 spiro atoms. The first kappa shape index (κ1) is 13.1. The highest BCUT2D eigenvalue weighted by atomic mass is 16.5. The summed E-state index contributed by atoms with van der Waals surface area (Å²) in [6.45, 7) is 1.62. The molecule has 20 heavy (non-hydrogen) atoms. The van der Waals surface area contributed by atoms with Crippen LogP contribution in [0.4, 0.5) is 0 Å². The maximum atomic E-state index is 5.75. The smallest absolute Gasteiger partial charge is 0.155 e. The van der Waals surface area contributed by atoms with Gasteiger partial charge in [-0.2, -0.15) is 5.10 Å². The van der Waals surface area contributed by atoms with Gasteiger partial charge in [0.05, 0.1) is 7.11 Å². The number of benzene rings is 1. The largest absolute Gasteiger partial charge is 0.496 e. The standard InChI is InChI=1S/C15H20N4O/c1-20-13-5-3-2-4-12(13)8-14-17-15-7-6-11(9-16)10-19(15)18-14/h2-5,11H,6-10,16H2,1H3. The summed E-state index contributed by atoms with van der Waals surface area (Å²) in [5.74, 6) is 3.37. The van der Waals surface area contributed by atoms with Gasteiger partial charge in [0.2, 0.25) is 0 Å². The Bertz CT molecular complexity index is 593. The van der Waals surface area contributed by atoms with E-state index in [1.807, 2.05) is 22.9 Å². The van der Waals surface area contributed by atoms with Gasteiger partial charge >= 0.3 is 0 Å². The van der Waals surface area contributed by atoms with Crippen LogP contribution in [0.2, 0.25) is 0 Å². The molecule has 1 aliphatic heterocycles. The summed E-state index contributed by atoms with van der Waals surface area (Å²) < 4.78 is 7.39. The molecule has 2 aromatic rings. The van der Waals surface area contributed by atoms with Crippen molar-refractivity contribution in [1.29, 1.82) is 0 Å². The van der Waals surface area contributed by atoms with Crippen LogP contribution in [0.3, 0.4) is 0 Å². The van der Waals surface area contributed by atoms with Gasteiger partial charge in [-0.05, 0) is 24.9 Å². The van der Waals surface area contributed by atoms with Crippen molar-refractivity contribution < 1.29 is 4.74 Å². The van der Waals surface area contributed by atoms with Gasteiger partial charge in [-0.25, -0.2) is 9.67 Å². The van der Waals surface area contributed by atoms with E-state index >= 15 is 0 Å². The van der Waals surface area contributed by atoms with Crippen molar-refractivity contribution in [1.82, 2.24) is 14.8 Å². The molecule has 0 bridgehead atoms. The van der Waals surface area contributed by atoms with Crippen LogP contribution in [0.1, 0.15) is 23.6 Å². The van der Waals surface area contributed by atoms with Gasteiger partial charge in [0, 0.05) is 24.9 Å². The number of aryl methyl sites for hydroxylation is 1. The van der Waals surface area contributed by atoms with Gasteiger partial charge in [0.15, 0.2) is 5.82 Å². The molecule has 1 aromatic heterocycles. The predicted octanol–water partition coefficient (Wildman–Crippen LogP) is 1.40. The van der Waals surface area contributed by atoms with Crippen molar-refractivity contribution in [3.8, 4) is 5.75 Å². The van der Waals surface area contributed by atoms with Gasteiger partial charge in [0.1, 0.15) is 11.6 Å². The maximum absolute atomic E-state index is 5.75. The third kappa shape index (κ3) is 2.54.